The first kappa shape index (κ1) is 16.3. The molecule has 0 fully saturated rings. The molecule has 1 atom stereocenters. The number of carbonyl (C=O) groups is 2. The second kappa shape index (κ2) is 7.75. The summed E-state index contributed by atoms with van der Waals surface area (Å²) in [6, 6.07) is 4.35. The van der Waals surface area contributed by atoms with Crippen LogP contribution in [0.2, 0.25) is 5.02 Å². The standard InChI is InChI=1S/C14H18ClNO4/c1-4-20-14(18)9(2)16-13(17)8-10-7-11(15)5-6-12(10)19-3/h5-7,9H,4,8H2,1-3H3,(H,16,17). The highest BCUT2D eigenvalue weighted by atomic mass is 35.5. The lowest BCUT2D eigenvalue weighted by atomic mass is 10.1. The van der Waals surface area contributed by atoms with Gasteiger partial charge in [0.1, 0.15) is 11.8 Å². The van der Waals surface area contributed by atoms with Gasteiger partial charge in [-0.25, -0.2) is 4.79 Å². The van der Waals surface area contributed by atoms with Gasteiger partial charge in [0.15, 0.2) is 0 Å². The number of ether oxygens (including phenoxy) is 2. The van der Waals surface area contributed by atoms with Crippen LogP contribution in [-0.2, 0) is 20.7 Å². The van der Waals surface area contributed by atoms with Crippen molar-refractivity contribution in [3.63, 3.8) is 0 Å². The zero-order valence-electron chi connectivity index (χ0n) is 11.7. The molecule has 0 aliphatic heterocycles. The molecule has 0 heterocycles. The molecule has 1 N–H and O–H groups in total. The summed E-state index contributed by atoms with van der Waals surface area (Å²) < 4.78 is 9.98. The molecule has 0 saturated heterocycles. The van der Waals surface area contributed by atoms with Gasteiger partial charge in [0.05, 0.1) is 20.1 Å². The maximum Gasteiger partial charge on any atom is 0.328 e. The van der Waals surface area contributed by atoms with E-state index < -0.39 is 12.0 Å². The van der Waals surface area contributed by atoms with Gasteiger partial charge < -0.3 is 14.8 Å². The van der Waals surface area contributed by atoms with Crippen molar-refractivity contribution in [3.05, 3.63) is 28.8 Å². The summed E-state index contributed by atoms with van der Waals surface area (Å²) in [5, 5.41) is 3.09. The first-order chi connectivity index (χ1) is 9.47. The quantitative estimate of drug-likeness (QED) is 0.816. The van der Waals surface area contributed by atoms with Gasteiger partial charge in [-0.2, -0.15) is 0 Å². The Morgan fingerprint density at radius 2 is 2.10 bits per heavy atom. The summed E-state index contributed by atoms with van der Waals surface area (Å²) in [5.74, 6) is -0.182. The van der Waals surface area contributed by atoms with E-state index in [4.69, 9.17) is 21.1 Å². The number of carbonyl (C=O) groups excluding carboxylic acids is 2. The third kappa shape index (κ3) is 4.74. The average Bonchev–Trinajstić information content (AvgIpc) is 2.39. The first-order valence-corrected chi connectivity index (χ1v) is 6.64. The number of halogens is 1. The second-order valence-electron chi connectivity index (χ2n) is 4.17. The van der Waals surface area contributed by atoms with E-state index in [-0.39, 0.29) is 18.9 Å². The fourth-order valence-electron chi connectivity index (χ4n) is 1.68. The maximum atomic E-state index is 11.9. The zero-order valence-corrected chi connectivity index (χ0v) is 12.5. The SMILES string of the molecule is CCOC(=O)C(C)NC(=O)Cc1cc(Cl)ccc1OC. The van der Waals surface area contributed by atoms with Gasteiger partial charge in [-0.05, 0) is 32.0 Å². The molecule has 20 heavy (non-hydrogen) atoms. The number of amides is 1. The number of nitrogens with one attached hydrogen (secondary N) is 1. The topological polar surface area (TPSA) is 64.6 Å². The molecule has 0 aliphatic rings. The fraction of sp³-hybridized carbons (Fsp3) is 0.429. The van der Waals surface area contributed by atoms with Crippen LogP contribution in [0.1, 0.15) is 19.4 Å². The molecule has 110 valence electrons. The average molecular weight is 300 g/mol. The van der Waals surface area contributed by atoms with Crippen molar-refractivity contribution < 1.29 is 19.1 Å². The van der Waals surface area contributed by atoms with Crippen molar-refractivity contribution in [1.82, 2.24) is 5.32 Å². The van der Waals surface area contributed by atoms with Gasteiger partial charge in [0, 0.05) is 10.6 Å². The molecule has 0 bridgehead atoms. The van der Waals surface area contributed by atoms with E-state index in [2.05, 4.69) is 5.32 Å². The fourth-order valence-corrected chi connectivity index (χ4v) is 1.87. The van der Waals surface area contributed by atoms with Crippen LogP contribution in [0.3, 0.4) is 0 Å². The van der Waals surface area contributed by atoms with Crippen LogP contribution in [-0.4, -0.2) is 31.6 Å². The Balaban J connectivity index is 2.67. The molecule has 5 nitrogen and oxygen atoms in total. The minimum Gasteiger partial charge on any atom is -0.496 e. The van der Waals surface area contributed by atoms with Crippen molar-refractivity contribution in [2.24, 2.45) is 0 Å². The van der Waals surface area contributed by atoms with Crippen molar-refractivity contribution in [3.8, 4) is 5.75 Å². The first-order valence-electron chi connectivity index (χ1n) is 6.26. The van der Waals surface area contributed by atoms with Crippen LogP contribution >= 0.6 is 11.6 Å². The molecule has 1 rings (SSSR count). The van der Waals surface area contributed by atoms with E-state index in [0.29, 0.717) is 16.3 Å². The van der Waals surface area contributed by atoms with E-state index >= 15 is 0 Å². The minimum atomic E-state index is -0.687. The lowest BCUT2D eigenvalue weighted by molar-refractivity contribution is -0.146. The van der Waals surface area contributed by atoms with Crippen LogP contribution in [0.4, 0.5) is 0 Å². The molecular weight excluding hydrogens is 282 g/mol. The monoisotopic (exact) mass is 299 g/mol. The normalized spacial score (nSPS) is 11.6. The van der Waals surface area contributed by atoms with Gasteiger partial charge in [0.2, 0.25) is 5.91 Å². The summed E-state index contributed by atoms with van der Waals surface area (Å²) in [4.78, 5) is 23.3. The van der Waals surface area contributed by atoms with Crippen LogP contribution in [0.5, 0.6) is 5.75 Å². The Morgan fingerprint density at radius 3 is 2.70 bits per heavy atom. The summed E-state index contributed by atoms with van der Waals surface area (Å²) >= 11 is 5.89. The Kier molecular flexibility index (Phi) is 6.31. The maximum absolute atomic E-state index is 11.9. The van der Waals surface area contributed by atoms with E-state index in [9.17, 15) is 9.59 Å². The van der Waals surface area contributed by atoms with Crippen LogP contribution in [0.25, 0.3) is 0 Å². The van der Waals surface area contributed by atoms with Crippen LogP contribution in [0.15, 0.2) is 18.2 Å². The van der Waals surface area contributed by atoms with Crippen molar-refractivity contribution in [2.75, 3.05) is 13.7 Å². The number of rotatable bonds is 6. The molecule has 1 aromatic carbocycles. The van der Waals surface area contributed by atoms with Gasteiger partial charge in [0.25, 0.3) is 0 Å². The molecule has 1 amide bonds. The van der Waals surface area contributed by atoms with Crippen molar-refractivity contribution in [2.45, 2.75) is 26.3 Å². The van der Waals surface area contributed by atoms with E-state index in [0.717, 1.165) is 0 Å². The molecule has 1 unspecified atom stereocenters. The predicted octanol–water partition coefficient (Wildman–Crippen LogP) is 1.96. The van der Waals surface area contributed by atoms with Gasteiger partial charge in [-0.1, -0.05) is 11.6 Å². The van der Waals surface area contributed by atoms with Crippen LogP contribution < -0.4 is 10.1 Å². The largest absolute Gasteiger partial charge is 0.496 e. The number of hydrogen-bond donors (Lipinski definition) is 1. The number of esters is 1. The Morgan fingerprint density at radius 1 is 1.40 bits per heavy atom. The predicted molar refractivity (Wildman–Crippen MR) is 75.9 cm³/mol. The zero-order chi connectivity index (χ0) is 15.1. The molecule has 6 heteroatoms. The van der Waals surface area contributed by atoms with Gasteiger partial charge in [-0.3, -0.25) is 4.79 Å². The summed E-state index contributed by atoms with van der Waals surface area (Å²) in [6.07, 6.45) is 0.0769. The summed E-state index contributed by atoms with van der Waals surface area (Å²) in [5.41, 5.74) is 0.661. The number of hydrogen-bond acceptors (Lipinski definition) is 4. The van der Waals surface area contributed by atoms with Crippen LogP contribution in [0, 0.1) is 0 Å². The summed E-state index contributed by atoms with van der Waals surface area (Å²) in [7, 11) is 1.52. The smallest absolute Gasteiger partial charge is 0.328 e. The number of benzene rings is 1. The highest BCUT2D eigenvalue weighted by Gasteiger charge is 2.17. The minimum absolute atomic E-state index is 0.0769. The highest BCUT2D eigenvalue weighted by molar-refractivity contribution is 6.30. The van der Waals surface area contributed by atoms with Crippen molar-refractivity contribution in [1.29, 1.82) is 0 Å². The third-order valence-corrected chi connectivity index (χ3v) is 2.85. The highest BCUT2D eigenvalue weighted by Crippen LogP contribution is 2.23. The molecule has 1 aromatic rings. The lowest BCUT2D eigenvalue weighted by Crippen LogP contribution is -2.40. The second-order valence-corrected chi connectivity index (χ2v) is 4.61. The van der Waals surface area contributed by atoms with Gasteiger partial charge >= 0.3 is 5.97 Å². The Bertz CT molecular complexity index is 490. The lowest BCUT2D eigenvalue weighted by Gasteiger charge is -2.13. The molecule has 0 aromatic heterocycles. The van der Waals surface area contributed by atoms with E-state index in [1.54, 1.807) is 32.0 Å². The van der Waals surface area contributed by atoms with Crippen molar-refractivity contribution >= 4 is 23.5 Å². The molecule has 0 radical (unpaired) electrons. The number of methoxy groups -OCH3 is 1. The Hall–Kier alpha value is -1.75. The third-order valence-electron chi connectivity index (χ3n) is 2.61. The van der Waals surface area contributed by atoms with E-state index in [1.807, 2.05) is 0 Å². The van der Waals surface area contributed by atoms with Gasteiger partial charge in [-0.15, -0.1) is 0 Å². The molecule has 0 aliphatic carbocycles. The molecule has 0 spiro atoms. The molecular formula is C14H18ClNO4. The Labute approximate surface area is 123 Å². The molecule has 0 saturated carbocycles. The van der Waals surface area contributed by atoms with E-state index in [1.165, 1.54) is 7.11 Å². The summed E-state index contributed by atoms with van der Waals surface area (Å²) in [6.45, 7) is 3.57.